The third-order valence-electron chi connectivity index (χ3n) is 3.12. The second kappa shape index (κ2) is 4.41. The molecule has 0 amide bonds. The highest BCUT2D eigenvalue weighted by molar-refractivity contribution is 5.52. The Kier molecular flexibility index (Phi) is 3.14. The van der Waals surface area contributed by atoms with Crippen molar-refractivity contribution in [3.63, 3.8) is 0 Å². The molecule has 0 aliphatic carbocycles. The lowest BCUT2D eigenvalue weighted by atomic mass is 10.1. The van der Waals surface area contributed by atoms with Crippen LogP contribution in [-0.4, -0.2) is 40.6 Å². The van der Waals surface area contributed by atoms with Crippen molar-refractivity contribution in [2.45, 2.75) is 25.7 Å². The van der Waals surface area contributed by atoms with Gasteiger partial charge in [-0.2, -0.15) is 0 Å². The minimum Gasteiger partial charge on any atom is -0.392 e. The van der Waals surface area contributed by atoms with Gasteiger partial charge in [0.1, 0.15) is 0 Å². The summed E-state index contributed by atoms with van der Waals surface area (Å²) < 4.78 is 0. The first-order valence-corrected chi connectivity index (χ1v) is 5.43. The number of rotatable bonds is 2. The van der Waals surface area contributed by atoms with Crippen LogP contribution in [0.5, 0.6) is 0 Å². The van der Waals surface area contributed by atoms with Crippen LogP contribution >= 0.6 is 0 Å². The Morgan fingerprint density at radius 2 is 1.88 bits per heavy atom. The maximum absolute atomic E-state index is 9.47. The van der Waals surface area contributed by atoms with E-state index in [-0.39, 0.29) is 6.61 Å². The van der Waals surface area contributed by atoms with Crippen LogP contribution in [0.1, 0.15) is 11.1 Å². The van der Waals surface area contributed by atoms with Gasteiger partial charge >= 0.3 is 0 Å². The monoisotopic (exact) mass is 223 g/mol. The molecule has 1 aliphatic rings. The van der Waals surface area contributed by atoms with Gasteiger partial charge in [-0.15, -0.1) is 0 Å². The summed E-state index contributed by atoms with van der Waals surface area (Å²) in [4.78, 5) is 1.95. The van der Waals surface area contributed by atoms with Gasteiger partial charge in [-0.05, 0) is 30.2 Å². The number of hydrogen-bond acceptors (Lipinski definition) is 4. The van der Waals surface area contributed by atoms with Gasteiger partial charge in [0.25, 0.3) is 0 Å². The summed E-state index contributed by atoms with van der Waals surface area (Å²) in [6.07, 6.45) is -1.34. The van der Waals surface area contributed by atoms with E-state index in [0.717, 1.165) is 16.8 Å². The number of aliphatic hydroxyl groups excluding tert-OH is 3. The molecule has 2 atom stereocenters. The third kappa shape index (κ3) is 2.04. The fraction of sp³-hybridized carbons (Fsp3) is 0.500. The van der Waals surface area contributed by atoms with E-state index in [0.29, 0.717) is 13.1 Å². The van der Waals surface area contributed by atoms with E-state index in [4.69, 9.17) is 5.11 Å². The highest BCUT2D eigenvalue weighted by Gasteiger charge is 2.29. The van der Waals surface area contributed by atoms with Crippen LogP contribution in [-0.2, 0) is 6.61 Å². The van der Waals surface area contributed by atoms with E-state index in [1.165, 1.54) is 0 Å². The molecule has 0 bridgehead atoms. The molecule has 2 rings (SSSR count). The molecule has 4 heteroatoms. The number of β-amino-alcohol motifs (C(OH)–C–C–N with tert-alkyl or cyclic N) is 2. The standard InChI is InChI=1S/C12H17NO3/c1-8-4-10(3-2-9(8)7-14)13-5-11(15)12(16)6-13/h2-4,11-12,14-16H,5-7H2,1H3. The predicted octanol–water partition coefficient (Wildman–Crippen LogP) is 0.0291. The SMILES string of the molecule is Cc1cc(N2CC(O)C(O)C2)ccc1CO. The van der Waals surface area contributed by atoms with E-state index in [2.05, 4.69) is 0 Å². The minimum absolute atomic E-state index is 0.0391. The highest BCUT2D eigenvalue weighted by atomic mass is 16.3. The smallest absolute Gasteiger partial charge is 0.0990 e. The number of aryl methyl sites for hydroxylation is 1. The molecule has 1 saturated heterocycles. The maximum atomic E-state index is 9.47. The molecule has 1 aromatic rings. The van der Waals surface area contributed by atoms with Crippen LogP contribution in [0, 0.1) is 6.92 Å². The van der Waals surface area contributed by atoms with Gasteiger partial charge in [-0.25, -0.2) is 0 Å². The number of nitrogens with zero attached hydrogens (tertiary/aromatic N) is 1. The van der Waals surface area contributed by atoms with Crippen molar-refractivity contribution in [1.82, 2.24) is 0 Å². The first kappa shape index (κ1) is 11.4. The van der Waals surface area contributed by atoms with E-state index >= 15 is 0 Å². The fourth-order valence-corrected chi connectivity index (χ4v) is 2.03. The Bertz CT molecular complexity index is 371. The minimum atomic E-state index is -0.669. The van der Waals surface area contributed by atoms with Gasteiger partial charge in [0.05, 0.1) is 18.8 Å². The van der Waals surface area contributed by atoms with E-state index in [1.54, 1.807) is 0 Å². The van der Waals surface area contributed by atoms with Gasteiger partial charge in [-0.3, -0.25) is 0 Å². The topological polar surface area (TPSA) is 63.9 Å². The van der Waals surface area contributed by atoms with Crippen LogP contribution in [0.25, 0.3) is 0 Å². The molecule has 1 heterocycles. The second-order valence-electron chi connectivity index (χ2n) is 4.31. The van der Waals surface area contributed by atoms with Crippen molar-refractivity contribution in [1.29, 1.82) is 0 Å². The van der Waals surface area contributed by atoms with E-state index in [9.17, 15) is 10.2 Å². The fourth-order valence-electron chi connectivity index (χ4n) is 2.03. The van der Waals surface area contributed by atoms with Crippen molar-refractivity contribution < 1.29 is 15.3 Å². The van der Waals surface area contributed by atoms with E-state index < -0.39 is 12.2 Å². The molecule has 0 spiro atoms. The molecule has 88 valence electrons. The summed E-state index contributed by atoms with van der Waals surface area (Å²) in [5.74, 6) is 0. The average Bonchev–Trinajstić information content (AvgIpc) is 2.59. The Balaban J connectivity index is 2.19. The van der Waals surface area contributed by atoms with Crippen molar-refractivity contribution in [2.75, 3.05) is 18.0 Å². The summed E-state index contributed by atoms with van der Waals surface area (Å²) in [7, 11) is 0. The van der Waals surface area contributed by atoms with Crippen molar-refractivity contribution in [3.8, 4) is 0 Å². The Morgan fingerprint density at radius 1 is 1.25 bits per heavy atom. The molecule has 1 aliphatic heterocycles. The zero-order valence-corrected chi connectivity index (χ0v) is 9.30. The van der Waals surface area contributed by atoms with Gasteiger partial charge in [0, 0.05) is 18.8 Å². The molecule has 3 N–H and O–H groups in total. The zero-order chi connectivity index (χ0) is 11.7. The molecule has 0 aromatic heterocycles. The molecular formula is C12H17NO3. The van der Waals surface area contributed by atoms with Gasteiger partial charge in [0.2, 0.25) is 0 Å². The number of hydrogen-bond donors (Lipinski definition) is 3. The summed E-state index contributed by atoms with van der Waals surface area (Å²) in [5, 5.41) is 28.0. The highest BCUT2D eigenvalue weighted by Crippen LogP contribution is 2.23. The quantitative estimate of drug-likeness (QED) is 0.662. The maximum Gasteiger partial charge on any atom is 0.0990 e. The zero-order valence-electron chi connectivity index (χ0n) is 9.30. The van der Waals surface area contributed by atoms with Crippen LogP contribution in [0.4, 0.5) is 5.69 Å². The predicted molar refractivity (Wildman–Crippen MR) is 61.3 cm³/mol. The van der Waals surface area contributed by atoms with Gasteiger partial charge in [0.15, 0.2) is 0 Å². The molecular weight excluding hydrogens is 206 g/mol. The van der Waals surface area contributed by atoms with Gasteiger partial charge < -0.3 is 20.2 Å². The van der Waals surface area contributed by atoms with Crippen LogP contribution in [0.2, 0.25) is 0 Å². The van der Waals surface area contributed by atoms with Crippen molar-refractivity contribution in [2.24, 2.45) is 0 Å². The molecule has 0 saturated carbocycles. The first-order chi connectivity index (χ1) is 7.61. The average molecular weight is 223 g/mol. The Hall–Kier alpha value is -1.10. The molecule has 2 unspecified atom stereocenters. The molecule has 4 nitrogen and oxygen atoms in total. The van der Waals surface area contributed by atoms with Crippen molar-refractivity contribution in [3.05, 3.63) is 29.3 Å². The summed E-state index contributed by atoms with van der Waals surface area (Å²) in [5.41, 5.74) is 2.91. The lowest BCUT2D eigenvalue weighted by Crippen LogP contribution is -2.22. The molecule has 0 radical (unpaired) electrons. The molecule has 1 aromatic carbocycles. The molecule has 1 fully saturated rings. The third-order valence-corrected chi connectivity index (χ3v) is 3.12. The summed E-state index contributed by atoms with van der Waals surface area (Å²) in [6, 6.07) is 5.75. The van der Waals surface area contributed by atoms with Crippen LogP contribution < -0.4 is 4.90 Å². The van der Waals surface area contributed by atoms with Crippen molar-refractivity contribution >= 4 is 5.69 Å². The largest absolute Gasteiger partial charge is 0.392 e. The van der Waals surface area contributed by atoms with Gasteiger partial charge in [-0.1, -0.05) is 6.07 Å². The number of benzene rings is 1. The summed E-state index contributed by atoms with van der Waals surface area (Å²) >= 11 is 0. The first-order valence-electron chi connectivity index (χ1n) is 5.43. The Morgan fingerprint density at radius 3 is 2.38 bits per heavy atom. The molecule has 16 heavy (non-hydrogen) atoms. The number of aliphatic hydroxyl groups is 3. The number of anilines is 1. The van der Waals surface area contributed by atoms with E-state index in [1.807, 2.05) is 30.0 Å². The Labute approximate surface area is 94.8 Å². The normalized spacial score (nSPS) is 25.1. The second-order valence-corrected chi connectivity index (χ2v) is 4.31. The van der Waals surface area contributed by atoms with Crippen LogP contribution in [0.15, 0.2) is 18.2 Å². The lowest BCUT2D eigenvalue weighted by molar-refractivity contribution is 0.0572. The lowest BCUT2D eigenvalue weighted by Gasteiger charge is -2.19. The summed E-state index contributed by atoms with van der Waals surface area (Å²) in [6.45, 7) is 2.90. The van der Waals surface area contributed by atoms with Crippen LogP contribution in [0.3, 0.4) is 0 Å².